The third-order valence-electron chi connectivity index (χ3n) is 1.67. The zero-order valence-electron chi connectivity index (χ0n) is 6.40. The molecule has 1 aliphatic rings. The Labute approximate surface area is 65.9 Å². The zero-order valence-corrected chi connectivity index (χ0v) is 7.40. The molecule has 11 heavy (non-hydrogen) atoms. The van der Waals surface area contributed by atoms with E-state index in [0.717, 1.165) is 13.0 Å². The van der Waals surface area contributed by atoms with Crippen molar-refractivity contribution in [2.24, 2.45) is 0 Å². The van der Waals surface area contributed by atoms with Crippen molar-refractivity contribution in [3.63, 3.8) is 0 Å². The first-order chi connectivity index (χ1) is 4.97. The summed E-state index contributed by atoms with van der Waals surface area (Å²) in [6, 6.07) is 0. The molecule has 1 unspecified atom stereocenters. The minimum absolute atomic E-state index is 0.230. The molecule has 0 amide bonds. The van der Waals surface area contributed by atoms with Crippen LogP contribution in [0.25, 0.3) is 0 Å². The standard InChI is InChI=1S/C5H14NO4P/c1-6-3-2-5(4-6)10-11(7,8)9/h5,7-9,11H,2-4H2,1H3. The SMILES string of the molecule is CN1CCC(O[PH](O)(O)O)C1. The average Bonchev–Trinajstić information content (AvgIpc) is 2.10. The summed E-state index contributed by atoms with van der Waals surface area (Å²) in [6.45, 7) is 1.52. The number of likely N-dealkylation sites (N-methyl/N-ethyl adjacent to an activating group) is 1. The Morgan fingerprint density at radius 3 is 2.45 bits per heavy atom. The van der Waals surface area contributed by atoms with Crippen LogP contribution < -0.4 is 0 Å². The predicted molar refractivity (Wildman–Crippen MR) is 42.0 cm³/mol. The van der Waals surface area contributed by atoms with Gasteiger partial charge in [0.2, 0.25) is 0 Å². The van der Waals surface area contributed by atoms with Crippen molar-refractivity contribution in [3.05, 3.63) is 0 Å². The van der Waals surface area contributed by atoms with Gasteiger partial charge in [-0.05, 0) is 0 Å². The Bertz CT molecular complexity index is 137. The number of rotatable bonds is 2. The van der Waals surface area contributed by atoms with Crippen LogP contribution in [-0.4, -0.2) is 45.8 Å². The van der Waals surface area contributed by atoms with Gasteiger partial charge in [-0.3, -0.25) is 0 Å². The maximum absolute atomic E-state index is 8.57. The van der Waals surface area contributed by atoms with Crippen molar-refractivity contribution in [3.8, 4) is 0 Å². The first-order valence-electron chi connectivity index (χ1n) is 3.51. The van der Waals surface area contributed by atoms with Gasteiger partial charge in [-0.25, -0.2) is 0 Å². The van der Waals surface area contributed by atoms with Gasteiger partial charge in [0, 0.05) is 0 Å². The van der Waals surface area contributed by atoms with Gasteiger partial charge >= 0.3 is 64.9 Å². The number of hydrogen-bond acceptors (Lipinski definition) is 5. The van der Waals surface area contributed by atoms with Gasteiger partial charge in [-0.15, -0.1) is 0 Å². The fourth-order valence-corrected chi connectivity index (χ4v) is 1.85. The normalized spacial score (nSPS) is 29.3. The summed E-state index contributed by atoms with van der Waals surface area (Å²) in [5.74, 6) is 0. The van der Waals surface area contributed by atoms with Crippen LogP contribution in [0.1, 0.15) is 6.42 Å². The number of likely N-dealkylation sites (tertiary alicyclic amines) is 1. The van der Waals surface area contributed by atoms with Gasteiger partial charge in [0.1, 0.15) is 0 Å². The van der Waals surface area contributed by atoms with E-state index < -0.39 is 8.17 Å². The Kier molecular flexibility index (Phi) is 2.80. The molecule has 1 heterocycles. The summed E-state index contributed by atoms with van der Waals surface area (Å²) >= 11 is 0. The second kappa shape index (κ2) is 3.31. The van der Waals surface area contributed by atoms with E-state index in [1.165, 1.54) is 0 Å². The summed E-state index contributed by atoms with van der Waals surface area (Å²) in [4.78, 5) is 27.7. The van der Waals surface area contributed by atoms with Crippen molar-refractivity contribution in [1.29, 1.82) is 0 Å². The van der Waals surface area contributed by atoms with Gasteiger partial charge in [-0.2, -0.15) is 0 Å². The van der Waals surface area contributed by atoms with E-state index in [-0.39, 0.29) is 6.10 Å². The van der Waals surface area contributed by atoms with Crippen molar-refractivity contribution < 1.29 is 19.2 Å². The fraction of sp³-hybridized carbons (Fsp3) is 1.00. The zero-order chi connectivity index (χ0) is 8.48. The summed E-state index contributed by atoms with van der Waals surface area (Å²) in [5, 5.41) is 0. The molecule has 0 aromatic heterocycles. The van der Waals surface area contributed by atoms with Crippen LogP contribution >= 0.6 is 8.17 Å². The van der Waals surface area contributed by atoms with E-state index in [0.29, 0.717) is 6.54 Å². The van der Waals surface area contributed by atoms with Crippen molar-refractivity contribution in [2.45, 2.75) is 12.5 Å². The summed E-state index contributed by atoms with van der Waals surface area (Å²) in [7, 11) is -2.36. The third kappa shape index (κ3) is 3.42. The molecule has 0 aromatic carbocycles. The molecule has 1 saturated heterocycles. The van der Waals surface area contributed by atoms with Gasteiger partial charge in [-0.1, -0.05) is 0 Å². The number of hydrogen-bond donors (Lipinski definition) is 3. The van der Waals surface area contributed by atoms with Crippen molar-refractivity contribution >= 4 is 8.17 Å². The maximum atomic E-state index is 8.57. The van der Waals surface area contributed by atoms with E-state index in [2.05, 4.69) is 4.52 Å². The Morgan fingerprint density at radius 2 is 2.09 bits per heavy atom. The third-order valence-corrected chi connectivity index (χ3v) is 2.32. The van der Waals surface area contributed by atoms with Crippen LogP contribution in [0, 0.1) is 0 Å². The molecule has 1 atom stereocenters. The van der Waals surface area contributed by atoms with Crippen LogP contribution in [0.15, 0.2) is 0 Å². The van der Waals surface area contributed by atoms with E-state index in [1.54, 1.807) is 0 Å². The predicted octanol–water partition coefficient (Wildman–Crippen LogP) is -0.906. The average molecular weight is 183 g/mol. The molecule has 1 aliphatic heterocycles. The molecule has 0 aromatic rings. The molecule has 68 valence electrons. The van der Waals surface area contributed by atoms with Crippen LogP contribution in [0.4, 0.5) is 0 Å². The summed E-state index contributed by atoms with van der Waals surface area (Å²) in [5.41, 5.74) is 0. The molecule has 0 bridgehead atoms. The topological polar surface area (TPSA) is 73.2 Å². The van der Waals surface area contributed by atoms with Crippen LogP contribution in [0.5, 0.6) is 0 Å². The summed E-state index contributed by atoms with van der Waals surface area (Å²) < 4.78 is 4.63. The van der Waals surface area contributed by atoms with E-state index in [4.69, 9.17) is 14.7 Å². The second-order valence-corrected chi connectivity index (χ2v) is 4.25. The molecule has 6 heteroatoms. The molecular formula is C5H14NO4P. The molecular weight excluding hydrogens is 169 g/mol. The Balaban J connectivity index is 2.29. The van der Waals surface area contributed by atoms with Gasteiger partial charge in [0.05, 0.1) is 0 Å². The Hall–Kier alpha value is 0.230. The molecule has 0 radical (unpaired) electrons. The minimum atomic E-state index is -4.28. The molecule has 5 nitrogen and oxygen atoms in total. The van der Waals surface area contributed by atoms with E-state index in [9.17, 15) is 0 Å². The first kappa shape index (κ1) is 9.32. The van der Waals surface area contributed by atoms with Crippen LogP contribution in [-0.2, 0) is 4.52 Å². The van der Waals surface area contributed by atoms with Crippen molar-refractivity contribution in [2.75, 3.05) is 20.1 Å². The van der Waals surface area contributed by atoms with Gasteiger partial charge < -0.3 is 0 Å². The molecule has 0 saturated carbocycles. The van der Waals surface area contributed by atoms with E-state index in [1.807, 2.05) is 11.9 Å². The number of nitrogens with zero attached hydrogens (tertiary/aromatic N) is 1. The van der Waals surface area contributed by atoms with Crippen LogP contribution in [0.3, 0.4) is 0 Å². The molecule has 0 spiro atoms. The molecule has 1 rings (SSSR count). The monoisotopic (exact) mass is 183 g/mol. The molecule has 3 N–H and O–H groups in total. The fourth-order valence-electron chi connectivity index (χ4n) is 1.21. The van der Waals surface area contributed by atoms with Gasteiger partial charge in [0.25, 0.3) is 0 Å². The van der Waals surface area contributed by atoms with Gasteiger partial charge in [0.15, 0.2) is 0 Å². The molecule has 0 aliphatic carbocycles. The first-order valence-corrected chi connectivity index (χ1v) is 5.26. The summed E-state index contributed by atoms with van der Waals surface area (Å²) in [6.07, 6.45) is 0.513. The second-order valence-electron chi connectivity index (χ2n) is 2.86. The van der Waals surface area contributed by atoms with E-state index >= 15 is 0 Å². The Morgan fingerprint density at radius 1 is 1.45 bits per heavy atom. The molecule has 1 fully saturated rings. The van der Waals surface area contributed by atoms with Crippen LogP contribution in [0.2, 0.25) is 0 Å². The van der Waals surface area contributed by atoms with Crippen molar-refractivity contribution in [1.82, 2.24) is 4.90 Å². The quantitative estimate of drug-likeness (QED) is 0.483.